The van der Waals surface area contributed by atoms with Crippen molar-refractivity contribution in [3.63, 3.8) is 0 Å². The number of fused-ring (bicyclic) bond motifs is 3. The number of hydrogen-bond acceptors (Lipinski definition) is 8. The second-order valence-corrected chi connectivity index (χ2v) is 16.0. The lowest BCUT2D eigenvalue weighted by Gasteiger charge is -2.39. The van der Waals surface area contributed by atoms with Crippen molar-refractivity contribution in [1.29, 1.82) is 0 Å². The van der Waals surface area contributed by atoms with Crippen LogP contribution in [0.2, 0.25) is 18.1 Å². The minimum atomic E-state index is -2.18. The third-order valence-corrected chi connectivity index (χ3v) is 12.6. The van der Waals surface area contributed by atoms with Crippen LogP contribution in [0, 0.1) is 11.8 Å². The molecule has 1 saturated heterocycles. The van der Waals surface area contributed by atoms with E-state index in [4.69, 9.17) is 33.8 Å². The zero-order valence-corrected chi connectivity index (χ0v) is 23.0. The zero-order valence-electron chi connectivity index (χ0n) is 22.0. The van der Waals surface area contributed by atoms with Gasteiger partial charge in [-0.2, -0.15) is 0 Å². The summed E-state index contributed by atoms with van der Waals surface area (Å²) in [5.74, 6) is 2.05. The summed E-state index contributed by atoms with van der Waals surface area (Å²) in [4.78, 5) is 12.8. The highest BCUT2D eigenvalue weighted by Gasteiger charge is 2.51. The predicted molar refractivity (Wildman–Crippen MR) is 137 cm³/mol. The minimum Gasteiger partial charge on any atom is -0.539 e. The van der Waals surface area contributed by atoms with E-state index < -0.39 is 20.3 Å². The van der Waals surface area contributed by atoms with Crippen LogP contribution in [-0.4, -0.2) is 41.9 Å². The summed E-state index contributed by atoms with van der Waals surface area (Å²) in [5.41, 5.74) is 9.44. The van der Waals surface area contributed by atoms with Gasteiger partial charge in [0.25, 0.3) is 8.32 Å². The monoisotopic (exact) mass is 513 g/mol. The van der Waals surface area contributed by atoms with Gasteiger partial charge in [0, 0.05) is 17.9 Å². The van der Waals surface area contributed by atoms with Gasteiger partial charge in [-0.05, 0) is 59.1 Å². The summed E-state index contributed by atoms with van der Waals surface area (Å²) in [6, 6.07) is 7.37. The van der Waals surface area contributed by atoms with Crippen molar-refractivity contribution in [3.8, 4) is 28.7 Å². The zero-order chi connectivity index (χ0) is 26.0. The number of ether oxygens (including phenoxy) is 5. The molecular formula is C27H35NO7Si. The molecule has 0 amide bonds. The SMILES string of the molecule is COc1cc([C@@H]2c3cc4c(cc3[C@@H](N)[C@@H]3C(=O)OC[C@@H]23)OCO4)cc(OC)c1O[Si](C)(C)C(C)(C)C. The van der Waals surface area contributed by atoms with Gasteiger partial charge in [0.15, 0.2) is 28.7 Å². The molecule has 0 radical (unpaired) electrons. The number of nitrogens with two attached hydrogens (primary N) is 1. The Kier molecular flexibility index (Phi) is 5.91. The second kappa shape index (κ2) is 8.59. The number of cyclic esters (lactones) is 1. The molecule has 9 heteroatoms. The fraction of sp³-hybridized carbons (Fsp3) is 0.519. The lowest BCUT2D eigenvalue weighted by Crippen LogP contribution is -2.44. The Morgan fingerprint density at radius 1 is 0.944 bits per heavy atom. The van der Waals surface area contributed by atoms with E-state index >= 15 is 0 Å². The maximum Gasteiger partial charge on any atom is 0.311 e. The van der Waals surface area contributed by atoms with Crippen LogP contribution in [0.1, 0.15) is 49.4 Å². The molecule has 1 fully saturated rings. The van der Waals surface area contributed by atoms with Crippen LogP contribution < -0.4 is 29.1 Å². The average Bonchev–Trinajstić information content (AvgIpc) is 3.44. The highest BCUT2D eigenvalue weighted by atomic mass is 28.4. The molecule has 36 heavy (non-hydrogen) atoms. The van der Waals surface area contributed by atoms with Crippen LogP contribution >= 0.6 is 0 Å². The summed E-state index contributed by atoms with van der Waals surface area (Å²) in [6.07, 6.45) is 0. The van der Waals surface area contributed by atoms with E-state index in [1.807, 2.05) is 24.3 Å². The van der Waals surface area contributed by atoms with E-state index in [0.29, 0.717) is 35.4 Å². The first-order chi connectivity index (χ1) is 17.0. The first-order valence-corrected chi connectivity index (χ1v) is 15.2. The number of esters is 1. The van der Waals surface area contributed by atoms with Crippen LogP contribution in [0.4, 0.5) is 0 Å². The van der Waals surface area contributed by atoms with E-state index in [0.717, 1.165) is 16.7 Å². The largest absolute Gasteiger partial charge is 0.539 e. The van der Waals surface area contributed by atoms with E-state index in [1.54, 1.807) is 14.2 Å². The Hall–Kier alpha value is -2.91. The summed E-state index contributed by atoms with van der Waals surface area (Å²) < 4.78 is 35.2. The summed E-state index contributed by atoms with van der Waals surface area (Å²) in [5, 5.41) is -0.00262. The fourth-order valence-electron chi connectivity index (χ4n) is 5.24. The van der Waals surface area contributed by atoms with Gasteiger partial charge < -0.3 is 33.8 Å². The van der Waals surface area contributed by atoms with Gasteiger partial charge in [-0.25, -0.2) is 0 Å². The first kappa shape index (κ1) is 24.8. The standard InChI is InChI=1S/C27H35NO7Si/c1-27(2,3)36(6,7)35-25-20(30-4)8-14(9-21(25)31-5)22-15-10-18-19(34-13-33-18)11-16(15)24(28)23-17(22)12-32-26(23)29/h8-11,17,22-24H,12-13,28H2,1-7H3/t17-,22+,23+,24+/m0/s1. The second-order valence-electron chi connectivity index (χ2n) is 11.3. The molecule has 3 aliphatic rings. The molecule has 2 aromatic carbocycles. The Morgan fingerprint density at radius 2 is 1.53 bits per heavy atom. The number of carbonyl (C=O) groups is 1. The highest BCUT2D eigenvalue weighted by Crippen LogP contribution is 2.55. The number of hydrogen-bond donors (Lipinski definition) is 1. The molecule has 194 valence electrons. The van der Waals surface area contributed by atoms with Crippen molar-refractivity contribution in [1.82, 2.24) is 0 Å². The Morgan fingerprint density at radius 3 is 2.08 bits per heavy atom. The first-order valence-electron chi connectivity index (χ1n) is 12.3. The van der Waals surface area contributed by atoms with E-state index in [-0.39, 0.29) is 29.6 Å². The predicted octanol–water partition coefficient (Wildman–Crippen LogP) is 4.75. The number of rotatable bonds is 5. The molecule has 4 atom stereocenters. The van der Waals surface area contributed by atoms with Crippen molar-refractivity contribution >= 4 is 14.3 Å². The molecule has 0 bridgehead atoms. The summed E-state index contributed by atoms with van der Waals surface area (Å²) >= 11 is 0. The molecule has 0 aromatic heterocycles. The van der Waals surface area contributed by atoms with Crippen LogP contribution in [0.15, 0.2) is 24.3 Å². The maximum atomic E-state index is 12.8. The van der Waals surface area contributed by atoms with E-state index in [9.17, 15) is 4.79 Å². The van der Waals surface area contributed by atoms with Crippen LogP contribution in [0.25, 0.3) is 0 Å². The smallest absolute Gasteiger partial charge is 0.311 e. The van der Waals surface area contributed by atoms with Crippen molar-refractivity contribution in [2.75, 3.05) is 27.6 Å². The molecule has 2 N–H and O–H groups in total. The van der Waals surface area contributed by atoms with Crippen molar-refractivity contribution in [3.05, 3.63) is 41.0 Å². The molecule has 0 spiro atoms. The van der Waals surface area contributed by atoms with Gasteiger partial charge in [-0.3, -0.25) is 4.79 Å². The van der Waals surface area contributed by atoms with Crippen LogP contribution in [-0.2, 0) is 9.53 Å². The fourth-order valence-corrected chi connectivity index (χ4v) is 6.26. The Bertz CT molecular complexity index is 1180. The molecule has 5 rings (SSSR count). The molecule has 0 saturated carbocycles. The van der Waals surface area contributed by atoms with Gasteiger partial charge in [0.05, 0.1) is 26.7 Å². The summed E-state index contributed by atoms with van der Waals surface area (Å²) in [7, 11) is 1.08. The topological polar surface area (TPSA) is 98.5 Å². The maximum absolute atomic E-state index is 12.8. The van der Waals surface area contributed by atoms with E-state index in [2.05, 4.69) is 33.9 Å². The molecule has 2 aromatic rings. The lowest BCUT2D eigenvalue weighted by molar-refractivity contribution is -0.141. The van der Waals surface area contributed by atoms with Crippen molar-refractivity contribution in [2.45, 2.75) is 50.9 Å². The number of benzene rings is 2. The van der Waals surface area contributed by atoms with Crippen LogP contribution in [0.5, 0.6) is 28.7 Å². The minimum absolute atomic E-state index is 0.00262. The number of methoxy groups -OCH3 is 2. The normalized spacial score (nSPS) is 24.6. The van der Waals surface area contributed by atoms with Gasteiger partial charge in [-0.15, -0.1) is 0 Å². The van der Waals surface area contributed by atoms with Crippen LogP contribution in [0.3, 0.4) is 0 Å². The molecular weight excluding hydrogens is 478 g/mol. The van der Waals surface area contributed by atoms with Crippen molar-refractivity contribution in [2.24, 2.45) is 17.6 Å². The Labute approximate surface area is 213 Å². The molecule has 2 heterocycles. The molecule has 0 unspecified atom stereocenters. The number of carbonyl (C=O) groups excluding carboxylic acids is 1. The average molecular weight is 514 g/mol. The molecule has 1 aliphatic carbocycles. The third kappa shape index (κ3) is 3.80. The Balaban J connectivity index is 1.67. The highest BCUT2D eigenvalue weighted by molar-refractivity contribution is 6.74. The van der Waals surface area contributed by atoms with Gasteiger partial charge in [0.2, 0.25) is 6.79 Å². The third-order valence-electron chi connectivity index (χ3n) is 8.24. The lowest BCUT2D eigenvalue weighted by atomic mass is 9.65. The van der Waals surface area contributed by atoms with Gasteiger partial charge in [-0.1, -0.05) is 20.8 Å². The van der Waals surface area contributed by atoms with Gasteiger partial charge >= 0.3 is 5.97 Å². The van der Waals surface area contributed by atoms with Gasteiger partial charge in [0.1, 0.15) is 0 Å². The van der Waals surface area contributed by atoms with E-state index in [1.165, 1.54) is 0 Å². The molecule has 2 aliphatic heterocycles. The quantitative estimate of drug-likeness (QED) is 0.452. The van der Waals surface area contributed by atoms with Crippen molar-refractivity contribution < 1.29 is 32.9 Å². The molecule has 8 nitrogen and oxygen atoms in total. The summed E-state index contributed by atoms with van der Waals surface area (Å²) in [6.45, 7) is 11.4.